The average Bonchev–Trinajstić information content (AvgIpc) is 3.13. The van der Waals surface area contributed by atoms with E-state index in [1.807, 2.05) is 0 Å². The fourth-order valence-corrected chi connectivity index (χ4v) is 2.30. The van der Waals surface area contributed by atoms with Gasteiger partial charge in [-0.1, -0.05) is 0 Å². The van der Waals surface area contributed by atoms with E-state index in [9.17, 15) is 4.79 Å². The smallest absolute Gasteiger partial charge is 0.229 e. The van der Waals surface area contributed by atoms with Crippen molar-refractivity contribution in [2.45, 2.75) is 25.7 Å². The fraction of sp³-hybridized carbons (Fsp3) is 0.583. The number of hydrogen-bond donors (Lipinski definition) is 1. The van der Waals surface area contributed by atoms with E-state index in [4.69, 9.17) is 0 Å². The minimum absolute atomic E-state index is 0.144. The first-order valence-corrected chi connectivity index (χ1v) is 5.91. The summed E-state index contributed by atoms with van der Waals surface area (Å²) in [5.41, 5.74) is 0. The summed E-state index contributed by atoms with van der Waals surface area (Å²) >= 11 is 0. The molecule has 84 valence electrons. The van der Waals surface area contributed by atoms with Crippen molar-refractivity contribution in [2.24, 2.45) is 17.8 Å². The number of carbonyl (C=O) groups is 1. The standard InChI is InChI=1S/C12H15N3O/c16-12(15-10-7-13-5-6-14-10)11(8-1-2-8)9-3-4-9/h5-9,11H,1-4H2,(H,14,15,16). The third-order valence-corrected chi connectivity index (χ3v) is 3.38. The zero-order valence-electron chi connectivity index (χ0n) is 9.10. The summed E-state index contributed by atoms with van der Waals surface area (Å²) in [7, 11) is 0. The van der Waals surface area contributed by atoms with Crippen molar-refractivity contribution in [1.29, 1.82) is 0 Å². The Balaban J connectivity index is 1.67. The highest BCUT2D eigenvalue weighted by molar-refractivity contribution is 5.92. The molecular formula is C12H15N3O. The van der Waals surface area contributed by atoms with Crippen LogP contribution in [-0.4, -0.2) is 15.9 Å². The average molecular weight is 217 g/mol. The monoisotopic (exact) mass is 217 g/mol. The van der Waals surface area contributed by atoms with Crippen molar-refractivity contribution < 1.29 is 4.79 Å². The summed E-state index contributed by atoms with van der Waals surface area (Å²) in [5.74, 6) is 2.19. The minimum atomic E-state index is 0.144. The van der Waals surface area contributed by atoms with E-state index < -0.39 is 0 Å². The second kappa shape index (κ2) is 3.85. The van der Waals surface area contributed by atoms with Crippen LogP contribution in [-0.2, 0) is 4.79 Å². The lowest BCUT2D eigenvalue weighted by atomic mass is 9.97. The molecular weight excluding hydrogens is 202 g/mol. The topological polar surface area (TPSA) is 54.9 Å². The Morgan fingerprint density at radius 1 is 1.25 bits per heavy atom. The number of hydrogen-bond acceptors (Lipinski definition) is 3. The van der Waals surface area contributed by atoms with Crippen molar-refractivity contribution in [3.63, 3.8) is 0 Å². The van der Waals surface area contributed by atoms with Crippen molar-refractivity contribution in [2.75, 3.05) is 5.32 Å². The van der Waals surface area contributed by atoms with E-state index in [1.54, 1.807) is 18.6 Å². The molecule has 16 heavy (non-hydrogen) atoms. The van der Waals surface area contributed by atoms with Gasteiger partial charge in [0.15, 0.2) is 5.82 Å². The van der Waals surface area contributed by atoms with Gasteiger partial charge in [-0.15, -0.1) is 0 Å². The second-order valence-electron chi connectivity index (χ2n) is 4.78. The fourth-order valence-electron chi connectivity index (χ4n) is 2.30. The maximum Gasteiger partial charge on any atom is 0.229 e. The molecule has 1 heterocycles. The summed E-state index contributed by atoms with van der Waals surface area (Å²) in [4.78, 5) is 20.1. The normalized spacial score (nSPS) is 19.8. The van der Waals surface area contributed by atoms with Crippen LogP contribution >= 0.6 is 0 Å². The van der Waals surface area contributed by atoms with Crippen molar-refractivity contribution in [1.82, 2.24) is 9.97 Å². The van der Waals surface area contributed by atoms with Crippen LogP contribution in [0.4, 0.5) is 5.82 Å². The lowest BCUT2D eigenvalue weighted by molar-refractivity contribution is -0.121. The molecule has 1 aromatic heterocycles. The van der Waals surface area contributed by atoms with E-state index in [-0.39, 0.29) is 11.8 Å². The molecule has 0 unspecified atom stereocenters. The number of amides is 1. The molecule has 0 aromatic carbocycles. The maximum atomic E-state index is 12.1. The Morgan fingerprint density at radius 2 is 1.94 bits per heavy atom. The lowest BCUT2D eigenvalue weighted by Crippen LogP contribution is -2.26. The Morgan fingerprint density at radius 3 is 2.44 bits per heavy atom. The second-order valence-corrected chi connectivity index (χ2v) is 4.78. The largest absolute Gasteiger partial charge is 0.309 e. The molecule has 0 radical (unpaired) electrons. The third kappa shape index (κ3) is 2.05. The lowest BCUT2D eigenvalue weighted by Gasteiger charge is -2.14. The van der Waals surface area contributed by atoms with Gasteiger partial charge in [-0.2, -0.15) is 0 Å². The van der Waals surface area contributed by atoms with Gasteiger partial charge in [-0.05, 0) is 37.5 Å². The van der Waals surface area contributed by atoms with Crippen LogP contribution in [0, 0.1) is 17.8 Å². The van der Waals surface area contributed by atoms with Gasteiger partial charge in [0.25, 0.3) is 0 Å². The summed E-state index contributed by atoms with van der Waals surface area (Å²) in [6.45, 7) is 0. The van der Waals surface area contributed by atoms with Crippen LogP contribution in [0.2, 0.25) is 0 Å². The predicted octanol–water partition coefficient (Wildman–Crippen LogP) is 1.85. The van der Waals surface area contributed by atoms with Crippen LogP contribution in [0.5, 0.6) is 0 Å². The quantitative estimate of drug-likeness (QED) is 0.837. The number of nitrogens with zero attached hydrogens (tertiary/aromatic N) is 2. The number of rotatable bonds is 4. The van der Waals surface area contributed by atoms with Gasteiger partial charge in [-0.3, -0.25) is 9.78 Å². The number of nitrogens with one attached hydrogen (secondary N) is 1. The molecule has 1 N–H and O–H groups in total. The highest BCUT2D eigenvalue weighted by atomic mass is 16.2. The van der Waals surface area contributed by atoms with Gasteiger partial charge in [0.1, 0.15) is 0 Å². The van der Waals surface area contributed by atoms with Crippen molar-refractivity contribution in [3.05, 3.63) is 18.6 Å². The van der Waals surface area contributed by atoms with Gasteiger partial charge < -0.3 is 5.32 Å². The molecule has 2 saturated carbocycles. The molecule has 0 aliphatic heterocycles. The molecule has 4 heteroatoms. The number of carbonyl (C=O) groups excluding carboxylic acids is 1. The van der Waals surface area contributed by atoms with Crippen LogP contribution in [0.1, 0.15) is 25.7 Å². The first-order valence-electron chi connectivity index (χ1n) is 5.91. The predicted molar refractivity (Wildman–Crippen MR) is 59.6 cm³/mol. The van der Waals surface area contributed by atoms with Crippen LogP contribution in [0.15, 0.2) is 18.6 Å². The first kappa shape index (κ1) is 9.75. The number of aromatic nitrogens is 2. The van der Waals surface area contributed by atoms with Gasteiger partial charge in [0, 0.05) is 18.3 Å². The first-order chi connectivity index (χ1) is 7.84. The summed E-state index contributed by atoms with van der Waals surface area (Å²) in [6, 6.07) is 0. The zero-order valence-corrected chi connectivity index (χ0v) is 9.10. The molecule has 2 aliphatic carbocycles. The molecule has 3 rings (SSSR count). The van der Waals surface area contributed by atoms with Gasteiger partial charge in [0.2, 0.25) is 5.91 Å². The van der Waals surface area contributed by atoms with Gasteiger partial charge in [0.05, 0.1) is 6.20 Å². The van der Waals surface area contributed by atoms with E-state index in [1.165, 1.54) is 25.7 Å². The van der Waals surface area contributed by atoms with Crippen LogP contribution in [0.3, 0.4) is 0 Å². The summed E-state index contributed by atoms with van der Waals surface area (Å²) in [6.07, 6.45) is 9.66. The molecule has 1 amide bonds. The molecule has 0 spiro atoms. The molecule has 0 saturated heterocycles. The van der Waals surface area contributed by atoms with Gasteiger partial charge in [-0.25, -0.2) is 4.98 Å². The Bertz CT molecular complexity index is 373. The summed E-state index contributed by atoms with van der Waals surface area (Å²) < 4.78 is 0. The minimum Gasteiger partial charge on any atom is -0.309 e. The zero-order chi connectivity index (χ0) is 11.0. The van der Waals surface area contributed by atoms with Crippen LogP contribution < -0.4 is 5.32 Å². The molecule has 0 atom stereocenters. The molecule has 0 bridgehead atoms. The Hall–Kier alpha value is -1.45. The van der Waals surface area contributed by atoms with E-state index in [2.05, 4.69) is 15.3 Å². The number of anilines is 1. The maximum absolute atomic E-state index is 12.1. The van der Waals surface area contributed by atoms with Crippen LogP contribution in [0.25, 0.3) is 0 Å². The van der Waals surface area contributed by atoms with E-state index >= 15 is 0 Å². The van der Waals surface area contributed by atoms with Crippen molar-refractivity contribution in [3.8, 4) is 0 Å². The van der Waals surface area contributed by atoms with Crippen molar-refractivity contribution >= 4 is 11.7 Å². The third-order valence-electron chi connectivity index (χ3n) is 3.38. The Kier molecular flexibility index (Phi) is 2.35. The summed E-state index contributed by atoms with van der Waals surface area (Å²) in [5, 5.41) is 2.87. The SMILES string of the molecule is O=C(Nc1cnccn1)C(C1CC1)C1CC1. The highest BCUT2D eigenvalue weighted by Gasteiger charge is 2.45. The van der Waals surface area contributed by atoms with E-state index in [0.29, 0.717) is 17.7 Å². The van der Waals surface area contributed by atoms with E-state index in [0.717, 1.165) is 0 Å². The molecule has 1 aromatic rings. The molecule has 2 aliphatic rings. The Labute approximate surface area is 94.5 Å². The van der Waals surface area contributed by atoms with Gasteiger partial charge >= 0.3 is 0 Å². The molecule has 4 nitrogen and oxygen atoms in total. The highest BCUT2D eigenvalue weighted by Crippen LogP contribution is 2.49. The molecule has 2 fully saturated rings.